The van der Waals surface area contributed by atoms with Crippen molar-refractivity contribution in [2.45, 2.75) is 26.5 Å². The summed E-state index contributed by atoms with van der Waals surface area (Å²) in [4.78, 5) is 0. The van der Waals surface area contributed by atoms with Crippen LogP contribution in [0.3, 0.4) is 0 Å². The molecule has 2 aromatic rings. The molecule has 118 valence electrons. The molecule has 0 bridgehead atoms. The fraction of sp³-hybridized carbons (Fsp3) is 0.294. The van der Waals surface area contributed by atoms with Crippen LogP contribution in [-0.4, -0.2) is 13.2 Å². The van der Waals surface area contributed by atoms with Gasteiger partial charge in [0.15, 0.2) is 0 Å². The van der Waals surface area contributed by atoms with E-state index < -0.39 is 0 Å². The predicted octanol–water partition coefficient (Wildman–Crippen LogP) is 5.62. The number of rotatable bonds is 6. The van der Waals surface area contributed by atoms with Crippen LogP contribution in [0.15, 0.2) is 45.3 Å². The van der Waals surface area contributed by atoms with Crippen molar-refractivity contribution in [3.05, 3.63) is 50.9 Å². The van der Waals surface area contributed by atoms with Gasteiger partial charge in [-0.1, -0.05) is 15.9 Å². The Labute approximate surface area is 148 Å². The van der Waals surface area contributed by atoms with E-state index in [1.165, 1.54) is 0 Å². The third-order valence-corrected chi connectivity index (χ3v) is 4.06. The molecule has 0 spiro atoms. The van der Waals surface area contributed by atoms with Crippen molar-refractivity contribution in [3.63, 3.8) is 0 Å². The summed E-state index contributed by atoms with van der Waals surface area (Å²) >= 11 is 7.10. The van der Waals surface area contributed by atoms with Crippen LogP contribution in [-0.2, 0) is 6.54 Å². The number of halogens is 2. The van der Waals surface area contributed by atoms with E-state index in [9.17, 15) is 0 Å². The van der Waals surface area contributed by atoms with E-state index in [-0.39, 0.29) is 6.10 Å². The average Bonchev–Trinajstić information content (AvgIpc) is 2.48. The molecule has 0 aliphatic carbocycles. The minimum Gasteiger partial charge on any atom is -0.497 e. The first kappa shape index (κ1) is 17.2. The molecule has 22 heavy (non-hydrogen) atoms. The number of ether oxygens (including phenoxy) is 2. The highest BCUT2D eigenvalue weighted by Gasteiger charge is 2.12. The maximum absolute atomic E-state index is 5.93. The highest BCUT2D eigenvalue weighted by Crippen LogP contribution is 2.34. The van der Waals surface area contributed by atoms with Crippen molar-refractivity contribution in [2.75, 3.05) is 12.4 Å². The molecule has 1 N–H and O–H groups in total. The second-order valence-electron chi connectivity index (χ2n) is 5.12. The number of nitrogens with one attached hydrogen (secondary N) is 1. The smallest absolute Gasteiger partial charge is 0.138 e. The minimum atomic E-state index is 0.122. The fourth-order valence-electron chi connectivity index (χ4n) is 2.02. The SMILES string of the molecule is COc1ccc(NCc2cc(Br)cc(Br)c2OC(C)C)cc1. The lowest BCUT2D eigenvalue weighted by Gasteiger charge is -2.17. The first-order valence-corrected chi connectivity index (χ1v) is 8.60. The summed E-state index contributed by atoms with van der Waals surface area (Å²) in [6.07, 6.45) is 0.122. The molecule has 3 nitrogen and oxygen atoms in total. The molecule has 0 amide bonds. The van der Waals surface area contributed by atoms with Crippen LogP contribution in [0.2, 0.25) is 0 Å². The quantitative estimate of drug-likeness (QED) is 0.647. The molecule has 0 unspecified atom stereocenters. The zero-order valence-corrected chi connectivity index (χ0v) is 16.0. The second kappa shape index (κ2) is 7.88. The Morgan fingerprint density at radius 1 is 1.09 bits per heavy atom. The Morgan fingerprint density at radius 3 is 2.36 bits per heavy atom. The topological polar surface area (TPSA) is 30.5 Å². The number of hydrogen-bond acceptors (Lipinski definition) is 3. The van der Waals surface area contributed by atoms with Crippen LogP contribution in [0, 0.1) is 0 Å². The first-order valence-electron chi connectivity index (χ1n) is 7.02. The second-order valence-corrected chi connectivity index (χ2v) is 6.89. The standard InChI is InChI=1S/C17H19Br2NO2/c1-11(2)22-17-12(8-13(18)9-16(17)19)10-20-14-4-6-15(21-3)7-5-14/h4-9,11,20H,10H2,1-3H3. The van der Waals surface area contributed by atoms with Gasteiger partial charge in [0.05, 0.1) is 17.7 Å². The summed E-state index contributed by atoms with van der Waals surface area (Å²) in [5.74, 6) is 1.72. The van der Waals surface area contributed by atoms with Crippen LogP contribution >= 0.6 is 31.9 Å². The van der Waals surface area contributed by atoms with Gasteiger partial charge in [0.1, 0.15) is 11.5 Å². The summed E-state index contributed by atoms with van der Waals surface area (Å²) in [5, 5.41) is 3.40. The number of anilines is 1. The van der Waals surface area contributed by atoms with E-state index in [0.29, 0.717) is 6.54 Å². The summed E-state index contributed by atoms with van der Waals surface area (Å²) in [6.45, 7) is 4.72. The lowest BCUT2D eigenvalue weighted by molar-refractivity contribution is 0.238. The van der Waals surface area contributed by atoms with Crippen LogP contribution in [0.1, 0.15) is 19.4 Å². The summed E-state index contributed by atoms with van der Waals surface area (Å²) in [6, 6.07) is 11.9. The molecule has 0 radical (unpaired) electrons. The average molecular weight is 429 g/mol. The lowest BCUT2D eigenvalue weighted by Crippen LogP contribution is -2.10. The maximum Gasteiger partial charge on any atom is 0.138 e. The van der Waals surface area contributed by atoms with Crippen LogP contribution in [0.4, 0.5) is 5.69 Å². The number of benzene rings is 2. The van der Waals surface area contributed by atoms with Crippen molar-refractivity contribution < 1.29 is 9.47 Å². The van der Waals surface area contributed by atoms with Gasteiger partial charge in [0, 0.05) is 22.3 Å². The highest BCUT2D eigenvalue weighted by atomic mass is 79.9. The van der Waals surface area contributed by atoms with E-state index >= 15 is 0 Å². The minimum absolute atomic E-state index is 0.122. The molecule has 0 aliphatic rings. The first-order chi connectivity index (χ1) is 10.5. The van der Waals surface area contributed by atoms with Gasteiger partial charge in [0.2, 0.25) is 0 Å². The molecule has 2 aromatic carbocycles. The fourth-order valence-corrected chi connectivity index (χ4v) is 3.43. The molecule has 2 rings (SSSR count). The van der Waals surface area contributed by atoms with Crippen molar-refractivity contribution in [2.24, 2.45) is 0 Å². The zero-order chi connectivity index (χ0) is 16.1. The van der Waals surface area contributed by atoms with E-state index in [4.69, 9.17) is 9.47 Å². The molecule has 0 aliphatic heterocycles. The van der Waals surface area contributed by atoms with Gasteiger partial charge >= 0.3 is 0 Å². The molecule has 0 saturated heterocycles. The monoisotopic (exact) mass is 427 g/mol. The van der Waals surface area contributed by atoms with Crippen molar-refractivity contribution in [1.82, 2.24) is 0 Å². The number of hydrogen-bond donors (Lipinski definition) is 1. The van der Waals surface area contributed by atoms with Crippen LogP contribution in [0.5, 0.6) is 11.5 Å². The van der Waals surface area contributed by atoms with E-state index in [2.05, 4.69) is 43.2 Å². The largest absolute Gasteiger partial charge is 0.497 e. The number of methoxy groups -OCH3 is 1. The van der Waals surface area contributed by atoms with Crippen molar-refractivity contribution >= 4 is 37.5 Å². The molecule has 0 atom stereocenters. The Kier molecular flexibility index (Phi) is 6.15. The Bertz CT molecular complexity index is 627. The molecule has 0 heterocycles. The molecule has 0 saturated carbocycles. The van der Waals surface area contributed by atoms with Crippen molar-refractivity contribution in [1.29, 1.82) is 0 Å². The Hall–Kier alpha value is -1.20. The molecule has 0 fully saturated rings. The Balaban J connectivity index is 2.16. The summed E-state index contributed by atoms with van der Waals surface area (Å²) in [7, 11) is 1.66. The van der Waals surface area contributed by atoms with E-state index in [1.807, 2.05) is 44.2 Å². The van der Waals surface area contributed by atoms with Gasteiger partial charge in [-0.15, -0.1) is 0 Å². The van der Waals surface area contributed by atoms with E-state index in [1.54, 1.807) is 7.11 Å². The third-order valence-electron chi connectivity index (χ3n) is 3.01. The van der Waals surface area contributed by atoms with Gasteiger partial charge < -0.3 is 14.8 Å². The molecular formula is C17H19Br2NO2. The molecule has 0 aromatic heterocycles. The lowest BCUT2D eigenvalue weighted by atomic mass is 10.2. The normalized spacial score (nSPS) is 10.6. The Morgan fingerprint density at radius 2 is 1.77 bits per heavy atom. The van der Waals surface area contributed by atoms with Crippen LogP contribution in [0.25, 0.3) is 0 Å². The molecule has 5 heteroatoms. The van der Waals surface area contributed by atoms with Gasteiger partial charge in [-0.2, -0.15) is 0 Å². The summed E-state index contributed by atoms with van der Waals surface area (Å²) in [5.41, 5.74) is 2.12. The van der Waals surface area contributed by atoms with Gasteiger partial charge in [-0.3, -0.25) is 0 Å². The van der Waals surface area contributed by atoms with Gasteiger partial charge in [0.25, 0.3) is 0 Å². The predicted molar refractivity (Wildman–Crippen MR) is 97.9 cm³/mol. The van der Waals surface area contributed by atoms with Gasteiger partial charge in [-0.05, 0) is 66.2 Å². The summed E-state index contributed by atoms with van der Waals surface area (Å²) < 4.78 is 13.1. The van der Waals surface area contributed by atoms with Crippen molar-refractivity contribution in [3.8, 4) is 11.5 Å². The third kappa shape index (κ3) is 4.65. The van der Waals surface area contributed by atoms with E-state index in [0.717, 1.165) is 31.7 Å². The zero-order valence-electron chi connectivity index (χ0n) is 12.8. The maximum atomic E-state index is 5.93. The van der Waals surface area contributed by atoms with Gasteiger partial charge in [-0.25, -0.2) is 0 Å². The highest BCUT2D eigenvalue weighted by molar-refractivity contribution is 9.11. The van der Waals surface area contributed by atoms with Crippen LogP contribution < -0.4 is 14.8 Å². The molecular weight excluding hydrogens is 410 g/mol.